The maximum atomic E-state index is 9.80. The van der Waals surface area contributed by atoms with Crippen molar-refractivity contribution in [2.24, 2.45) is 0 Å². The van der Waals surface area contributed by atoms with Gasteiger partial charge in [-0.25, -0.2) is 4.98 Å². The number of nitrogens with zero attached hydrogens (tertiary/aromatic N) is 1. The monoisotopic (exact) mass is 271 g/mol. The lowest BCUT2D eigenvalue weighted by atomic mass is 10.2. The van der Waals surface area contributed by atoms with Gasteiger partial charge in [0.2, 0.25) is 0 Å². The van der Waals surface area contributed by atoms with Crippen LogP contribution in [0.3, 0.4) is 0 Å². The average molecular weight is 272 g/mol. The Morgan fingerprint density at radius 2 is 2.14 bits per heavy atom. The molecule has 1 aromatic heterocycles. The molecule has 0 bridgehead atoms. The Labute approximate surface area is 94.7 Å². The van der Waals surface area contributed by atoms with Crippen LogP contribution in [0, 0.1) is 0 Å². The van der Waals surface area contributed by atoms with Crippen LogP contribution in [0.1, 0.15) is 18.9 Å². The third-order valence-electron chi connectivity index (χ3n) is 1.87. The first-order chi connectivity index (χ1) is 6.47. The van der Waals surface area contributed by atoms with Gasteiger partial charge in [0.05, 0.1) is 10.2 Å². The minimum atomic E-state index is -0.851. The highest BCUT2D eigenvalue weighted by Crippen LogP contribution is 2.31. The van der Waals surface area contributed by atoms with Gasteiger partial charge < -0.3 is 5.11 Å². The predicted molar refractivity (Wildman–Crippen MR) is 62.6 cm³/mol. The summed E-state index contributed by atoms with van der Waals surface area (Å²) < 4.78 is 2.13. The number of thiazole rings is 1. The first kappa shape index (κ1) is 10.1. The van der Waals surface area contributed by atoms with E-state index in [4.69, 9.17) is 0 Å². The Balaban J connectivity index is 2.63. The van der Waals surface area contributed by atoms with E-state index in [-0.39, 0.29) is 0 Å². The van der Waals surface area contributed by atoms with Crippen molar-refractivity contribution in [3.05, 3.63) is 27.7 Å². The maximum Gasteiger partial charge on any atom is 0.125 e. The van der Waals surface area contributed by atoms with Crippen LogP contribution in [0.2, 0.25) is 0 Å². The molecule has 0 spiro atoms. The highest BCUT2D eigenvalue weighted by atomic mass is 79.9. The molecule has 0 saturated heterocycles. The second kappa shape index (κ2) is 3.29. The highest BCUT2D eigenvalue weighted by Gasteiger charge is 2.20. The van der Waals surface area contributed by atoms with E-state index in [1.807, 2.05) is 18.2 Å². The number of fused-ring (bicyclic) bond motifs is 1. The Hall–Kier alpha value is -0.450. The Morgan fingerprint density at radius 1 is 1.43 bits per heavy atom. The van der Waals surface area contributed by atoms with Crippen LogP contribution in [0.15, 0.2) is 22.7 Å². The molecule has 0 unspecified atom stereocenters. The normalized spacial score (nSPS) is 12.3. The Morgan fingerprint density at radius 3 is 2.79 bits per heavy atom. The zero-order valence-electron chi connectivity index (χ0n) is 7.91. The van der Waals surface area contributed by atoms with E-state index < -0.39 is 5.60 Å². The SMILES string of the molecule is CC(C)(O)c1nc2ccc(Br)cc2s1. The molecule has 0 aliphatic heterocycles. The third-order valence-corrected chi connectivity index (χ3v) is 3.70. The number of benzene rings is 1. The first-order valence-corrected chi connectivity index (χ1v) is 5.87. The molecule has 2 rings (SSSR count). The minimum absolute atomic E-state index is 0.755. The lowest BCUT2D eigenvalue weighted by Gasteiger charge is -2.11. The minimum Gasteiger partial charge on any atom is -0.383 e. The smallest absolute Gasteiger partial charge is 0.125 e. The van der Waals surface area contributed by atoms with Gasteiger partial charge in [-0.2, -0.15) is 0 Å². The van der Waals surface area contributed by atoms with E-state index in [1.54, 1.807) is 13.8 Å². The van der Waals surface area contributed by atoms with Crippen molar-refractivity contribution in [2.45, 2.75) is 19.4 Å². The molecule has 0 atom stereocenters. The molecule has 2 aromatic rings. The van der Waals surface area contributed by atoms with Gasteiger partial charge in [0.15, 0.2) is 0 Å². The van der Waals surface area contributed by atoms with E-state index in [0.717, 1.165) is 19.7 Å². The van der Waals surface area contributed by atoms with Gasteiger partial charge in [0.25, 0.3) is 0 Å². The number of rotatable bonds is 1. The van der Waals surface area contributed by atoms with Crippen LogP contribution in [0.5, 0.6) is 0 Å². The summed E-state index contributed by atoms with van der Waals surface area (Å²) in [5, 5.41) is 10.6. The van der Waals surface area contributed by atoms with Crippen molar-refractivity contribution < 1.29 is 5.11 Å². The van der Waals surface area contributed by atoms with Crippen LogP contribution in [0.4, 0.5) is 0 Å². The lowest BCUT2D eigenvalue weighted by Crippen LogP contribution is -2.14. The summed E-state index contributed by atoms with van der Waals surface area (Å²) in [6, 6.07) is 5.92. The summed E-state index contributed by atoms with van der Waals surface area (Å²) in [5.74, 6) is 0. The number of aromatic nitrogens is 1. The van der Waals surface area contributed by atoms with Crippen LogP contribution in [-0.2, 0) is 5.60 Å². The molecule has 0 saturated carbocycles. The molecule has 0 fully saturated rings. The topological polar surface area (TPSA) is 33.1 Å². The lowest BCUT2D eigenvalue weighted by molar-refractivity contribution is 0.0785. The molecule has 0 aliphatic rings. The standard InChI is InChI=1S/C10H10BrNOS/c1-10(2,13)9-12-7-4-3-6(11)5-8(7)14-9/h3-5,13H,1-2H3. The van der Waals surface area contributed by atoms with Crippen LogP contribution in [0.25, 0.3) is 10.2 Å². The summed E-state index contributed by atoms with van der Waals surface area (Å²) >= 11 is 4.94. The van der Waals surface area contributed by atoms with E-state index in [1.165, 1.54) is 11.3 Å². The molecule has 0 amide bonds. The van der Waals surface area contributed by atoms with Crippen molar-refractivity contribution >= 4 is 37.5 Å². The molecular formula is C10H10BrNOS. The predicted octanol–water partition coefficient (Wildman–Crippen LogP) is 3.29. The fraction of sp³-hybridized carbons (Fsp3) is 0.300. The van der Waals surface area contributed by atoms with Crippen LogP contribution >= 0.6 is 27.3 Å². The third kappa shape index (κ3) is 1.82. The fourth-order valence-electron chi connectivity index (χ4n) is 1.16. The zero-order chi connectivity index (χ0) is 10.3. The Bertz CT molecular complexity index is 472. The summed E-state index contributed by atoms with van der Waals surface area (Å²) in [7, 11) is 0. The quantitative estimate of drug-likeness (QED) is 0.864. The second-order valence-electron chi connectivity index (χ2n) is 3.69. The molecule has 0 aliphatic carbocycles. The van der Waals surface area contributed by atoms with Gasteiger partial charge in [-0.15, -0.1) is 11.3 Å². The fourth-order valence-corrected chi connectivity index (χ4v) is 2.68. The molecule has 1 N–H and O–H groups in total. The van der Waals surface area contributed by atoms with Gasteiger partial charge in [0.1, 0.15) is 10.6 Å². The zero-order valence-corrected chi connectivity index (χ0v) is 10.3. The van der Waals surface area contributed by atoms with E-state index in [9.17, 15) is 5.11 Å². The number of aliphatic hydroxyl groups is 1. The molecule has 0 radical (unpaired) electrons. The number of halogens is 1. The molecule has 14 heavy (non-hydrogen) atoms. The van der Waals surface area contributed by atoms with E-state index in [2.05, 4.69) is 20.9 Å². The second-order valence-corrected chi connectivity index (χ2v) is 5.64. The average Bonchev–Trinajstić information content (AvgIpc) is 2.45. The van der Waals surface area contributed by atoms with Gasteiger partial charge in [0, 0.05) is 4.47 Å². The summed E-state index contributed by atoms with van der Waals surface area (Å²) in [6.45, 7) is 3.50. The molecular weight excluding hydrogens is 262 g/mol. The van der Waals surface area contributed by atoms with Gasteiger partial charge in [-0.3, -0.25) is 0 Å². The summed E-state index contributed by atoms with van der Waals surface area (Å²) in [5.41, 5.74) is 0.0891. The number of hydrogen-bond donors (Lipinski definition) is 1. The maximum absolute atomic E-state index is 9.80. The van der Waals surface area contributed by atoms with Crippen LogP contribution in [-0.4, -0.2) is 10.1 Å². The largest absolute Gasteiger partial charge is 0.383 e. The molecule has 74 valence electrons. The van der Waals surface area contributed by atoms with Gasteiger partial charge in [-0.1, -0.05) is 15.9 Å². The summed E-state index contributed by atoms with van der Waals surface area (Å²) in [6.07, 6.45) is 0. The van der Waals surface area contributed by atoms with Crippen molar-refractivity contribution in [3.63, 3.8) is 0 Å². The van der Waals surface area contributed by atoms with Crippen molar-refractivity contribution in [3.8, 4) is 0 Å². The van der Waals surface area contributed by atoms with Crippen molar-refractivity contribution in [1.29, 1.82) is 0 Å². The molecule has 4 heteroatoms. The molecule has 1 heterocycles. The first-order valence-electron chi connectivity index (χ1n) is 4.26. The van der Waals surface area contributed by atoms with Gasteiger partial charge in [-0.05, 0) is 32.0 Å². The number of hydrogen-bond acceptors (Lipinski definition) is 3. The van der Waals surface area contributed by atoms with E-state index in [0.29, 0.717) is 0 Å². The highest BCUT2D eigenvalue weighted by molar-refractivity contribution is 9.10. The van der Waals surface area contributed by atoms with Crippen molar-refractivity contribution in [2.75, 3.05) is 0 Å². The Kier molecular flexibility index (Phi) is 2.37. The molecule has 2 nitrogen and oxygen atoms in total. The summed E-state index contributed by atoms with van der Waals surface area (Å²) in [4.78, 5) is 4.37. The van der Waals surface area contributed by atoms with Gasteiger partial charge >= 0.3 is 0 Å². The van der Waals surface area contributed by atoms with Crippen LogP contribution < -0.4 is 0 Å². The van der Waals surface area contributed by atoms with Crippen molar-refractivity contribution in [1.82, 2.24) is 4.98 Å². The molecule has 1 aromatic carbocycles. The van der Waals surface area contributed by atoms with E-state index >= 15 is 0 Å².